The molecule has 0 saturated carbocycles. The summed E-state index contributed by atoms with van der Waals surface area (Å²) in [6.07, 6.45) is 2.14. The SMILES string of the molecule is COc1cc(C)c(N[C@H](C(=O)N2CCCC2)c2ccccc2)cc1OC. The van der Waals surface area contributed by atoms with Crippen molar-refractivity contribution in [2.24, 2.45) is 0 Å². The van der Waals surface area contributed by atoms with Crippen molar-refractivity contribution in [1.29, 1.82) is 0 Å². The molecule has 1 amide bonds. The Bertz CT molecular complexity index is 755. The molecule has 138 valence electrons. The molecule has 0 unspecified atom stereocenters. The molecule has 3 rings (SSSR count). The predicted octanol–water partition coefficient (Wildman–Crippen LogP) is 3.79. The smallest absolute Gasteiger partial charge is 0.249 e. The average Bonchev–Trinajstić information content (AvgIpc) is 3.21. The van der Waals surface area contributed by atoms with Gasteiger partial charge in [-0.2, -0.15) is 0 Å². The molecule has 1 atom stereocenters. The van der Waals surface area contributed by atoms with E-state index in [-0.39, 0.29) is 5.91 Å². The Balaban J connectivity index is 1.94. The van der Waals surface area contributed by atoms with Crippen LogP contribution in [0.4, 0.5) is 5.69 Å². The lowest BCUT2D eigenvalue weighted by molar-refractivity contribution is -0.131. The maximum Gasteiger partial charge on any atom is 0.249 e. The number of hydrogen-bond donors (Lipinski definition) is 1. The number of carbonyl (C=O) groups excluding carboxylic acids is 1. The number of nitrogens with zero attached hydrogens (tertiary/aromatic N) is 1. The van der Waals surface area contributed by atoms with Gasteiger partial charge in [0.2, 0.25) is 5.91 Å². The van der Waals surface area contributed by atoms with E-state index in [0.29, 0.717) is 11.5 Å². The molecule has 0 bridgehead atoms. The molecule has 1 aliphatic rings. The average molecular weight is 354 g/mol. The van der Waals surface area contributed by atoms with E-state index < -0.39 is 6.04 Å². The molecule has 5 heteroatoms. The van der Waals surface area contributed by atoms with Gasteiger partial charge in [0.15, 0.2) is 11.5 Å². The van der Waals surface area contributed by atoms with Gasteiger partial charge in [0.05, 0.1) is 14.2 Å². The van der Waals surface area contributed by atoms with Gasteiger partial charge in [0.25, 0.3) is 0 Å². The minimum absolute atomic E-state index is 0.114. The summed E-state index contributed by atoms with van der Waals surface area (Å²) in [6.45, 7) is 3.65. The van der Waals surface area contributed by atoms with E-state index in [1.54, 1.807) is 14.2 Å². The zero-order valence-corrected chi connectivity index (χ0v) is 15.6. The summed E-state index contributed by atoms with van der Waals surface area (Å²) in [6, 6.07) is 13.2. The highest BCUT2D eigenvalue weighted by molar-refractivity contribution is 5.86. The zero-order valence-electron chi connectivity index (χ0n) is 15.6. The molecular weight excluding hydrogens is 328 g/mol. The van der Waals surface area contributed by atoms with Crippen molar-refractivity contribution < 1.29 is 14.3 Å². The van der Waals surface area contributed by atoms with Crippen molar-refractivity contribution in [3.8, 4) is 11.5 Å². The number of amides is 1. The molecule has 0 spiro atoms. The van der Waals surface area contributed by atoms with Crippen molar-refractivity contribution in [1.82, 2.24) is 4.90 Å². The molecule has 1 aliphatic heterocycles. The molecule has 26 heavy (non-hydrogen) atoms. The van der Waals surface area contributed by atoms with Gasteiger partial charge in [-0.25, -0.2) is 0 Å². The first-order valence-electron chi connectivity index (χ1n) is 8.97. The number of methoxy groups -OCH3 is 2. The Labute approximate surface area is 154 Å². The lowest BCUT2D eigenvalue weighted by atomic mass is 10.0. The van der Waals surface area contributed by atoms with Crippen LogP contribution in [-0.2, 0) is 4.79 Å². The highest BCUT2D eigenvalue weighted by atomic mass is 16.5. The Morgan fingerprint density at radius 2 is 1.65 bits per heavy atom. The van der Waals surface area contributed by atoms with Crippen LogP contribution in [0.1, 0.15) is 30.0 Å². The van der Waals surface area contributed by atoms with Crippen molar-refractivity contribution in [3.63, 3.8) is 0 Å². The van der Waals surface area contributed by atoms with Gasteiger partial charge < -0.3 is 19.7 Å². The fourth-order valence-corrected chi connectivity index (χ4v) is 3.34. The summed E-state index contributed by atoms with van der Waals surface area (Å²) in [5.41, 5.74) is 2.82. The van der Waals surface area contributed by atoms with Crippen LogP contribution in [0.2, 0.25) is 0 Å². The summed E-state index contributed by atoms with van der Waals surface area (Å²) < 4.78 is 10.8. The molecule has 1 N–H and O–H groups in total. The molecular formula is C21H26N2O3. The molecule has 0 aliphatic carbocycles. The number of nitrogens with one attached hydrogen (secondary N) is 1. The van der Waals surface area contributed by atoms with Crippen molar-refractivity contribution in [2.75, 3.05) is 32.6 Å². The predicted molar refractivity (Wildman–Crippen MR) is 103 cm³/mol. The number of likely N-dealkylation sites (tertiary alicyclic amines) is 1. The van der Waals surface area contributed by atoms with Crippen LogP contribution in [0.3, 0.4) is 0 Å². The molecule has 5 nitrogen and oxygen atoms in total. The minimum Gasteiger partial charge on any atom is -0.493 e. The quantitative estimate of drug-likeness (QED) is 0.857. The second-order valence-electron chi connectivity index (χ2n) is 6.54. The van der Waals surface area contributed by atoms with E-state index in [1.165, 1.54) is 0 Å². The van der Waals surface area contributed by atoms with Gasteiger partial charge in [-0.3, -0.25) is 4.79 Å². The fraction of sp³-hybridized carbons (Fsp3) is 0.381. The zero-order chi connectivity index (χ0) is 18.5. The number of benzene rings is 2. The summed E-state index contributed by atoms with van der Waals surface area (Å²) in [5.74, 6) is 1.43. The van der Waals surface area contributed by atoms with Gasteiger partial charge in [0.1, 0.15) is 6.04 Å². The highest BCUT2D eigenvalue weighted by Crippen LogP contribution is 2.35. The molecule has 0 aromatic heterocycles. The third-order valence-corrected chi connectivity index (χ3v) is 4.83. The van der Waals surface area contributed by atoms with E-state index in [0.717, 1.165) is 42.7 Å². The maximum absolute atomic E-state index is 13.1. The second kappa shape index (κ2) is 8.13. The molecule has 2 aromatic carbocycles. The first kappa shape index (κ1) is 18.1. The van der Waals surface area contributed by atoms with E-state index in [4.69, 9.17) is 9.47 Å². The lowest BCUT2D eigenvalue weighted by Crippen LogP contribution is -2.36. The van der Waals surface area contributed by atoms with E-state index >= 15 is 0 Å². The Morgan fingerprint density at radius 3 is 2.27 bits per heavy atom. The Morgan fingerprint density at radius 1 is 1.04 bits per heavy atom. The van der Waals surface area contributed by atoms with E-state index in [2.05, 4.69) is 5.32 Å². The Kier molecular flexibility index (Phi) is 5.66. The van der Waals surface area contributed by atoms with Crippen LogP contribution in [0.5, 0.6) is 11.5 Å². The van der Waals surface area contributed by atoms with Gasteiger partial charge >= 0.3 is 0 Å². The number of anilines is 1. The summed E-state index contributed by atoms with van der Waals surface area (Å²) in [4.78, 5) is 15.1. The largest absolute Gasteiger partial charge is 0.493 e. The van der Waals surface area contributed by atoms with Crippen LogP contribution >= 0.6 is 0 Å². The summed E-state index contributed by atoms with van der Waals surface area (Å²) >= 11 is 0. The number of ether oxygens (including phenoxy) is 2. The van der Waals surface area contributed by atoms with Crippen LogP contribution < -0.4 is 14.8 Å². The first-order valence-corrected chi connectivity index (χ1v) is 8.97. The second-order valence-corrected chi connectivity index (χ2v) is 6.54. The molecule has 1 fully saturated rings. The Hall–Kier alpha value is -2.69. The monoisotopic (exact) mass is 354 g/mol. The van der Waals surface area contributed by atoms with Gasteiger partial charge in [-0.15, -0.1) is 0 Å². The minimum atomic E-state index is -0.425. The topological polar surface area (TPSA) is 50.8 Å². The van der Waals surface area contributed by atoms with E-state index in [9.17, 15) is 4.79 Å². The van der Waals surface area contributed by atoms with Gasteiger partial charge in [-0.1, -0.05) is 30.3 Å². The number of carbonyl (C=O) groups is 1. The first-order chi connectivity index (χ1) is 12.6. The number of aryl methyl sites for hydroxylation is 1. The third kappa shape index (κ3) is 3.77. The van der Waals surface area contributed by atoms with Crippen LogP contribution in [0.15, 0.2) is 42.5 Å². The third-order valence-electron chi connectivity index (χ3n) is 4.83. The van der Waals surface area contributed by atoms with Crippen molar-refractivity contribution in [3.05, 3.63) is 53.6 Å². The number of rotatable bonds is 6. The maximum atomic E-state index is 13.1. The molecule has 0 radical (unpaired) electrons. The van der Waals surface area contributed by atoms with Crippen molar-refractivity contribution in [2.45, 2.75) is 25.8 Å². The molecule has 1 saturated heterocycles. The summed E-state index contributed by atoms with van der Waals surface area (Å²) in [7, 11) is 3.23. The van der Waals surface area contributed by atoms with Gasteiger partial charge in [-0.05, 0) is 37.0 Å². The van der Waals surface area contributed by atoms with Crippen LogP contribution in [-0.4, -0.2) is 38.1 Å². The van der Waals surface area contributed by atoms with Crippen LogP contribution in [0, 0.1) is 6.92 Å². The number of hydrogen-bond acceptors (Lipinski definition) is 4. The van der Waals surface area contributed by atoms with E-state index in [1.807, 2.05) is 54.3 Å². The normalized spacial score (nSPS) is 14.8. The standard InChI is InChI=1S/C21H26N2O3/c1-15-13-18(25-2)19(26-3)14-17(15)22-20(16-9-5-4-6-10-16)21(24)23-11-7-8-12-23/h4-6,9-10,13-14,20,22H,7-8,11-12H2,1-3H3/t20-/m0/s1. The molecule has 1 heterocycles. The summed E-state index contributed by atoms with van der Waals surface area (Å²) in [5, 5.41) is 3.44. The van der Waals surface area contributed by atoms with Crippen molar-refractivity contribution >= 4 is 11.6 Å². The molecule has 2 aromatic rings. The lowest BCUT2D eigenvalue weighted by Gasteiger charge is -2.26. The highest BCUT2D eigenvalue weighted by Gasteiger charge is 2.28. The van der Waals surface area contributed by atoms with Crippen LogP contribution in [0.25, 0.3) is 0 Å². The fourth-order valence-electron chi connectivity index (χ4n) is 3.34. The van der Waals surface area contributed by atoms with Gasteiger partial charge in [0, 0.05) is 24.8 Å².